The second-order valence-electron chi connectivity index (χ2n) is 4.46. The molecule has 4 nitrogen and oxygen atoms in total. The van der Waals surface area contributed by atoms with Crippen LogP contribution in [0.25, 0.3) is 0 Å². The molecule has 0 fully saturated rings. The monoisotopic (exact) mass is 286 g/mol. The Morgan fingerprint density at radius 3 is 2.70 bits per heavy atom. The second kappa shape index (κ2) is 6.96. The van der Waals surface area contributed by atoms with Crippen LogP contribution in [0.1, 0.15) is 19.4 Å². The van der Waals surface area contributed by atoms with Gasteiger partial charge in [-0.05, 0) is 25.5 Å². The van der Waals surface area contributed by atoms with Crippen molar-refractivity contribution < 1.29 is 0 Å². The van der Waals surface area contributed by atoms with Crippen LogP contribution in [0, 0.1) is 0 Å². The number of thioether (sulfide) groups is 1. The molecule has 0 atom stereocenters. The molecule has 2 N–H and O–H groups in total. The molecule has 0 unspecified atom stereocenters. The molecule has 1 heterocycles. The summed E-state index contributed by atoms with van der Waals surface area (Å²) in [7, 11) is 0. The molecule has 1 aliphatic heterocycles. The average Bonchev–Trinajstić information content (AvgIpc) is 2.47. The third kappa shape index (κ3) is 4.59. The SMILES string of the molecule is C=C1/N=C(C)\C=C(\C)N/N=C(/SCc2ccccc2)N1. The van der Waals surface area contributed by atoms with Crippen LogP contribution in [0.4, 0.5) is 0 Å². The van der Waals surface area contributed by atoms with Crippen molar-refractivity contribution in [2.45, 2.75) is 19.6 Å². The first kappa shape index (κ1) is 14.4. The third-order valence-corrected chi connectivity index (χ3v) is 3.48. The van der Waals surface area contributed by atoms with E-state index in [9.17, 15) is 0 Å². The van der Waals surface area contributed by atoms with Gasteiger partial charge in [0.2, 0.25) is 0 Å². The van der Waals surface area contributed by atoms with Crippen molar-refractivity contribution >= 4 is 22.6 Å². The topological polar surface area (TPSA) is 48.8 Å². The third-order valence-electron chi connectivity index (χ3n) is 2.54. The predicted molar refractivity (Wildman–Crippen MR) is 87.4 cm³/mol. The van der Waals surface area contributed by atoms with Gasteiger partial charge >= 0.3 is 0 Å². The van der Waals surface area contributed by atoms with Crippen LogP contribution in [0.2, 0.25) is 0 Å². The van der Waals surface area contributed by atoms with Gasteiger partial charge in [-0.2, -0.15) is 5.10 Å². The molecule has 1 aromatic carbocycles. The number of nitrogens with one attached hydrogen (secondary N) is 2. The minimum absolute atomic E-state index is 0.592. The van der Waals surface area contributed by atoms with Crippen LogP contribution in [0.5, 0.6) is 0 Å². The summed E-state index contributed by atoms with van der Waals surface area (Å²) >= 11 is 1.61. The molecule has 1 aliphatic rings. The fraction of sp³-hybridized carbons (Fsp3) is 0.200. The Bertz CT molecular complexity index is 573. The van der Waals surface area contributed by atoms with Gasteiger partial charge in [0.1, 0.15) is 5.82 Å². The fourth-order valence-electron chi connectivity index (χ4n) is 1.70. The Morgan fingerprint density at radius 2 is 1.95 bits per heavy atom. The minimum atomic E-state index is 0.592. The largest absolute Gasteiger partial charge is 0.319 e. The van der Waals surface area contributed by atoms with Gasteiger partial charge in [-0.3, -0.25) is 5.43 Å². The van der Waals surface area contributed by atoms with E-state index in [0.717, 1.165) is 22.3 Å². The van der Waals surface area contributed by atoms with E-state index < -0.39 is 0 Å². The highest BCUT2D eigenvalue weighted by Gasteiger charge is 2.05. The van der Waals surface area contributed by atoms with Gasteiger partial charge in [0.05, 0.1) is 0 Å². The Morgan fingerprint density at radius 1 is 1.20 bits per heavy atom. The molecule has 0 amide bonds. The van der Waals surface area contributed by atoms with Gasteiger partial charge in [0.15, 0.2) is 5.17 Å². The summed E-state index contributed by atoms with van der Waals surface area (Å²) in [5, 5.41) is 8.21. The molecule has 0 radical (unpaired) electrons. The molecule has 104 valence electrons. The number of benzene rings is 1. The lowest BCUT2D eigenvalue weighted by Gasteiger charge is -2.08. The van der Waals surface area contributed by atoms with E-state index in [1.54, 1.807) is 11.8 Å². The first-order chi connectivity index (χ1) is 9.63. The van der Waals surface area contributed by atoms with Crippen LogP contribution in [0.3, 0.4) is 0 Å². The highest BCUT2D eigenvalue weighted by Crippen LogP contribution is 2.14. The Labute approximate surface area is 123 Å². The normalized spacial score (nSPS) is 23.5. The highest BCUT2D eigenvalue weighted by atomic mass is 32.2. The van der Waals surface area contributed by atoms with Crippen molar-refractivity contribution in [3.8, 4) is 0 Å². The summed E-state index contributed by atoms with van der Waals surface area (Å²) in [5.41, 5.74) is 6.09. The summed E-state index contributed by atoms with van der Waals surface area (Å²) in [6.45, 7) is 7.77. The van der Waals surface area contributed by atoms with Crippen LogP contribution >= 0.6 is 11.8 Å². The fourth-order valence-corrected chi connectivity index (χ4v) is 2.50. The number of hydrogen-bond acceptors (Lipinski definition) is 5. The summed E-state index contributed by atoms with van der Waals surface area (Å²) in [4.78, 5) is 4.35. The summed E-state index contributed by atoms with van der Waals surface area (Å²) in [5.74, 6) is 1.43. The molecular formula is C15H18N4S. The van der Waals surface area contributed by atoms with Gasteiger partial charge in [0, 0.05) is 17.2 Å². The molecule has 0 bridgehead atoms. The quantitative estimate of drug-likeness (QED) is 0.877. The van der Waals surface area contributed by atoms with Crippen LogP contribution in [-0.2, 0) is 5.75 Å². The molecule has 20 heavy (non-hydrogen) atoms. The Hall–Kier alpha value is -2.01. The molecule has 0 saturated carbocycles. The van der Waals surface area contributed by atoms with Gasteiger partial charge in [-0.25, -0.2) is 4.99 Å². The van der Waals surface area contributed by atoms with Crippen LogP contribution < -0.4 is 10.7 Å². The lowest BCUT2D eigenvalue weighted by atomic mass is 10.2. The zero-order chi connectivity index (χ0) is 14.4. The zero-order valence-corrected chi connectivity index (χ0v) is 12.5. The standard InChI is InChI=1S/C15H18N4S/c1-11-9-12(2)18-19-15(17-13(3)16-11)20-10-14-7-5-4-6-8-14/h4-9,18H,3,10H2,1-2H3,(H,17,19)/b12-9-,16-11-. The highest BCUT2D eigenvalue weighted by molar-refractivity contribution is 8.13. The van der Waals surface area contributed by atoms with Gasteiger partial charge < -0.3 is 5.32 Å². The first-order valence-corrected chi connectivity index (χ1v) is 7.32. The summed E-state index contributed by atoms with van der Waals surface area (Å²) in [6, 6.07) is 10.3. The van der Waals surface area contributed by atoms with E-state index in [2.05, 4.69) is 39.5 Å². The van der Waals surface area contributed by atoms with Crippen molar-refractivity contribution in [3.63, 3.8) is 0 Å². The molecule has 0 aromatic heterocycles. The zero-order valence-electron chi connectivity index (χ0n) is 11.7. The Kier molecular flexibility index (Phi) is 5.01. The van der Waals surface area contributed by atoms with E-state index in [4.69, 9.17) is 0 Å². The van der Waals surface area contributed by atoms with Crippen LogP contribution in [0.15, 0.2) is 64.6 Å². The molecular weight excluding hydrogens is 268 g/mol. The molecule has 0 saturated heterocycles. The molecule has 0 aliphatic carbocycles. The van der Waals surface area contributed by atoms with Gasteiger partial charge in [0.25, 0.3) is 0 Å². The average molecular weight is 286 g/mol. The number of aliphatic imine (C=N–C) groups is 1. The molecule has 2 rings (SSSR count). The lowest BCUT2D eigenvalue weighted by molar-refractivity contribution is 0.883. The van der Waals surface area contributed by atoms with E-state index >= 15 is 0 Å². The first-order valence-electron chi connectivity index (χ1n) is 6.33. The van der Waals surface area contributed by atoms with E-state index in [1.807, 2.05) is 38.1 Å². The number of amidine groups is 1. The Balaban J connectivity index is 2.05. The van der Waals surface area contributed by atoms with E-state index in [0.29, 0.717) is 5.82 Å². The van der Waals surface area contributed by atoms with Crippen molar-refractivity contribution in [2.75, 3.05) is 0 Å². The van der Waals surface area contributed by atoms with Gasteiger partial charge in [-0.1, -0.05) is 48.7 Å². The van der Waals surface area contributed by atoms with Crippen molar-refractivity contribution in [1.29, 1.82) is 0 Å². The maximum Gasteiger partial charge on any atom is 0.186 e. The lowest BCUT2D eigenvalue weighted by Crippen LogP contribution is -2.21. The number of hydrazone groups is 1. The van der Waals surface area contributed by atoms with Crippen molar-refractivity contribution in [3.05, 3.63) is 60.1 Å². The van der Waals surface area contributed by atoms with Crippen molar-refractivity contribution in [1.82, 2.24) is 10.7 Å². The second-order valence-corrected chi connectivity index (χ2v) is 5.42. The van der Waals surface area contributed by atoms with Gasteiger partial charge in [-0.15, -0.1) is 0 Å². The van der Waals surface area contributed by atoms with E-state index in [1.165, 1.54) is 5.56 Å². The molecule has 5 heteroatoms. The maximum absolute atomic E-state index is 4.35. The maximum atomic E-state index is 4.35. The molecule has 0 spiro atoms. The molecule has 1 aromatic rings. The van der Waals surface area contributed by atoms with Crippen molar-refractivity contribution in [2.24, 2.45) is 10.1 Å². The number of allylic oxidation sites excluding steroid dienone is 2. The smallest absolute Gasteiger partial charge is 0.186 e. The van der Waals surface area contributed by atoms with E-state index in [-0.39, 0.29) is 0 Å². The minimum Gasteiger partial charge on any atom is -0.319 e. The summed E-state index contributed by atoms with van der Waals surface area (Å²) < 4.78 is 0. The predicted octanol–water partition coefficient (Wildman–Crippen LogP) is 3.22. The number of rotatable bonds is 2. The number of nitrogens with zero attached hydrogens (tertiary/aromatic N) is 2. The summed E-state index contributed by atoms with van der Waals surface area (Å²) in [6.07, 6.45) is 1.93. The number of hydrogen-bond donors (Lipinski definition) is 2. The van der Waals surface area contributed by atoms with Crippen LogP contribution in [-0.4, -0.2) is 10.9 Å².